The molecule has 0 fully saturated rings. The molecule has 0 aliphatic heterocycles. The largest absolute Gasteiger partial charge is 0.300 e. The predicted molar refractivity (Wildman–Crippen MR) is 71.2 cm³/mol. The van der Waals surface area contributed by atoms with Crippen LogP contribution in [0.4, 0.5) is 0 Å². The summed E-state index contributed by atoms with van der Waals surface area (Å²) in [6.07, 6.45) is 1.45. The minimum absolute atomic E-state index is 0.513. The molecule has 2 aromatic rings. The lowest BCUT2D eigenvalue weighted by Gasteiger charge is -2.20. The number of carbonyl (C=O) groups is 1. The summed E-state index contributed by atoms with van der Waals surface area (Å²) in [6, 6.07) is 9.36. The monoisotopic (exact) mass is 284 g/mol. The normalized spacial score (nSPS) is 15.4. The van der Waals surface area contributed by atoms with Crippen LogP contribution in [0.15, 0.2) is 30.3 Å². The molecule has 0 spiro atoms. The zero-order valence-electron chi connectivity index (χ0n) is 9.91. The highest BCUT2D eigenvalue weighted by Crippen LogP contribution is 2.35. The molecule has 0 saturated carbocycles. The number of thiophene rings is 1. The molecule has 1 aromatic heterocycles. The van der Waals surface area contributed by atoms with Crippen LogP contribution in [0.5, 0.6) is 0 Å². The first-order valence-electron chi connectivity index (χ1n) is 5.20. The van der Waals surface area contributed by atoms with Crippen molar-refractivity contribution in [2.24, 2.45) is 0 Å². The lowest BCUT2D eigenvalue weighted by Crippen LogP contribution is -2.29. The third-order valence-corrected chi connectivity index (χ3v) is 4.45. The molecule has 0 bridgehead atoms. The van der Waals surface area contributed by atoms with Crippen LogP contribution in [-0.2, 0) is 24.7 Å². The van der Waals surface area contributed by atoms with E-state index in [1.54, 1.807) is 6.07 Å². The number of hydrogen-bond acceptors (Lipinski definition) is 5. The van der Waals surface area contributed by atoms with Crippen molar-refractivity contribution in [3.63, 3.8) is 0 Å². The molecular weight excluding hydrogens is 272 g/mol. The zero-order valence-corrected chi connectivity index (χ0v) is 11.5. The van der Waals surface area contributed by atoms with Gasteiger partial charge in [0, 0.05) is 9.58 Å². The SMILES string of the molecule is C[C@@](C=O)(OS(C)(=O)=O)c1cc2ccccc2s1. The fourth-order valence-electron chi connectivity index (χ4n) is 1.66. The van der Waals surface area contributed by atoms with E-state index in [2.05, 4.69) is 0 Å². The van der Waals surface area contributed by atoms with Crippen LogP contribution in [0, 0.1) is 0 Å². The highest BCUT2D eigenvalue weighted by molar-refractivity contribution is 7.86. The van der Waals surface area contributed by atoms with E-state index in [-0.39, 0.29) is 0 Å². The molecular formula is C12H12O4S2. The molecule has 1 atom stereocenters. The molecule has 0 aliphatic rings. The maximum absolute atomic E-state index is 11.2. The Morgan fingerprint density at radius 3 is 2.56 bits per heavy atom. The van der Waals surface area contributed by atoms with Crippen molar-refractivity contribution in [3.05, 3.63) is 35.2 Å². The van der Waals surface area contributed by atoms with Crippen LogP contribution in [0.2, 0.25) is 0 Å². The number of carbonyl (C=O) groups excluding carboxylic acids is 1. The fourth-order valence-corrected chi connectivity index (χ4v) is 3.58. The molecule has 0 N–H and O–H groups in total. The first kappa shape index (κ1) is 13.2. The van der Waals surface area contributed by atoms with Crippen molar-refractivity contribution in [2.45, 2.75) is 12.5 Å². The summed E-state index contributed by atoms with van der Waals surface area (Å²) in [6.45, 7) is 1.45. The molecule has 1 heterocycles. The van der Waals surface area contributed by atoms with Crippen molar-refractivity contribution >= 4 is 37.8 Å². The Balaban J connectivity index is 2.53. The summed E-state index contributed by atoms with van der Waals surface area (Å²) in [7, 11) is -3.70. The predicted octanol–water partition coefficient (Wildman–Crippen LogP) is 2.29. The van der Waals surface area contributed by atoms with Crippen LogP contribution in [0.25, 0.3) is 10.1 Å². The maximum Gasteiger partial charge on any atom is 0.265 e. The van der Waals surface area contributed by atoms with Gasteiger partial charge in [0.15, 0.2) is 11.9 Å². The first-order chi connectivity index (χ1) is 8.34. The van der Waals surface area contributed by atoms with Crippen molar-refractivity contribution in [1.82, 2.24) is 0 Å². The molecule has 18 heavy (non-hydrogen) atoms. The van der Waals surface area contributed by atoms with Crippen molar-refractivity contribution in [1.29, 1.82) is 0 Å². The first-order valence-corrected chi connectivity index (χ1v) is 7.83. The third kappa shape index (κ3) is 2.60. The van der Waals surface area contributed by atoms with E-state index >= 15 is 0 Å². The lowest BCUT2D eigenvalue weighted by atomic mass is 10.1. The summed E-state index contributed by atoms with van der Waals surface area (Å²) < 4.78 is 28.3. The van der Waals surface area contributed by atoms with Crippen molar-refractivity contribution < 1.29 is 17.4 Å². The van der Waals surface area contributed by atoms with E-state index in [1.807, 2.05) is 24.3 Å². The van der Waals surface area contributed by atoms with Crippen molar-refractivity contribution in [2.75, 3.05) is 6.26 Å². The molecule has 0 aliphatic carbocycles. The average molecular weight is 284 g/mol. The van der Waals surface area contributed by atoms with Gasteiger partial charge in [0.25, 0.3) is 10.1 Å². The van der Waals surface area contributed by atoms with Crippen LogP contribution in [-0.4, -0.2) is 21.0 Å². The second-order valence-corrected chi connectivity index (χ2v) is 6.82. The summed E-state index contributed by atoms with van der Waals surface area (Å²) in [4.78, 5) is 11.8. The third-order valence-electron chi connectivity index (χ3n) is 2.46. The Labute approximate surface area is 109 Å². The number of fused-ring (bicyclic) bond motifs is 1. The van der Waals surface area contributed by atoms with Gasteiger partial charge in [-0.2, -0.15) is 8.42 Å². The Hall–Kier alpha value is -1.24. The molecule has 6 heteroatoms. The molecule has 96 valence electrons. The highest BCUT2D eigenvalue weighted by atomic mass is 32.2. The van der Waals surface area contributed by atoms with Crippen molar-refractivity contribution in [3.8, 4) is 0 Å². The maximum atomic E-state index is 11.2. The second kappa shape index (κ2) is 4.46. The van der Waals surface area contributed by atoms with Gasteiger partial charge in [0.1, 0.15) is 0 Å². The lowest BCUT2D eigenvalue weighted by molar-refractivity contribution is -0.120. The minimum Gasteiger partial charge on any atom is -0.300 e. The van der Waals surface area contributed by atoms with E-state index in [1.165, 1.54) is 18.3 Å². The zero-order chi connectivity index (χ0) is 13.4. The van der Waals surface area contributed by atoms with Gasteiger partial charge in [-0.3, -0.25) is 8.98 Å². The van der Waals surface area contributed by atoms with Gasteiger partial charge in [-0.25, -0.2) is 0 Å². The standard InChI is InChI=1S/C12H12O4S2/c1-12(8-13,16-18(2,14)15)11-7-9-5-3-4-6-10(9)17-11/h3-8H,1-2H3/t12-/m0/s1. The van der Waals surface area contributed by atoms with Crippen LogP contribution in [0.1, 0.15) is 11.8 Å². The van der Waals surface area contributed by atoms with Gasteiger partial charge in [-0.1, -0.05) is 18.2 Å². The average Bonchev–Trinajstić information content (AvgIpc) is 2.70. The Morgan fingerprint density at radius 1 is 1.33 bits per heavy atom. The van der Waals surface area contributed by atoms with E-state index < -0.39 is 15.7 Å². The van der Waals surface area contributed by atoms with E-state index in [0.29, 0.717) is 11.2 Å². The Morgan fingerprint density at radius 2 is 2.00 bits per heavy atom. The van der Waals surface area contributed by atoms with Gasteiger partial charge in [-0.15, -0.1) is 11.3 Å². The number of hydrogen-bond donors (Lipinski definition) is 0. The minimum atomic E-state index is -3.70. The quantitative estimate of drug-likeness (QED) is 0.638. The van der Waals surface area contributed by atoms with Gasteiger partial charge in [-0.05, 0) is 24.4 Å². The summed E-state index contributed by atoms with van der Waals surface area (Å²) in [5.74, 6) is 0. The molecule has 0 saturated heterocycles. The van der Waals surface area contributed by atoms with Crippen LogP contribution >= 0.6 is 11.3 Å². The number of rotatable bonds is 4. The van der Waals surface area contributed by atoms with Gasteiger partial charge >= 0.3 is 0 Å². The summed E-state index contributed by atoms with van der Waals surface area (Å²) in [5, 5.41) is 0.961. The Kier molecular flexibility index (Phi) is 3.27. The van der Waals surface area contributed by atoms with E-state index in [9.17, 15) is 13.2 Å². The topological polar surface area (TPSA) is 60.4 Å². The van der Waals surface area contributed by atoms with E-state index in [0.717, 1.165) is 16.3 Å². The second-order valence-electron chi connectivity index (χ2n) is 4.16. The van der Waals surface area contributed by atoms with Gasteiger partial charge in [0.2, 0.25) is 0 Å². The molecule has 1 aromatic carbocycles. The van der Waals surface area contributed by atoms with Crippen LogP contribution in [0.3, 0.4) is 0 Å². The molecule has 0 amide bonds. The summed E-state index contributed by atoms with van der Waals surface area (Å²) >= 11 is 1.35. The van der Waals surface area contributed by atoms with Crippen LogP contribution < -0.4 is 0 Å². The molecule has 0 unspecified atom stereocenters. The van der Waals surface area contributed by atoms with E-state index in [4.69, 9.17) is 4.18 Å². The molecule has 0 radical (unpaired) electrons. The highest BCUT2D eigenvalue weighted by Gasteiger charge is 2.33. The number of benzene rings is 1. The summed E-state index contributed by atoms with van der Waals surface area (Å²) in [5.41, 5.74) is -1.46. The smallest absolute Gasteiger partial charge is 0.265 e. The van der Waals surface area contributed by atoms with Gasteiger partial charge < -0.3 is 0 Å². The number of aldehydes is 1. The fraction of sp³-hybridized carbons (Fsp3) is 0.250. The molecule has 2 rings (SSSR count). The van der Waals surface area contributed by atoms with Gasteiger partial charge in [0.05, 0.1) is 6.26 Å². The Bertz CT molecular complexity index is 654. The molecule has 4 nitrogen and oxygen atoms in total.